The summed E-state index contributed by atoms with van der Waals surface area (Å²) in [7, 11) is -5.35. The van der Waals surface area contributed by atoms with Gasteiger partial charge >= 0.3 is 0 Å². The maximum atomic E-state index is 11.7. The molecular formula is C8H12ClN3O4S2. The summed E-state index contributed by atoms with van der Waals surface area (Å²) in [6.07, 6.45) is 0. The summed E-state index contributed by atoms with van der Waals surface area (Å²) in [5, 5.41) is -0.156. The van der Waals surface area contributed by atoms with E-state index in [1.807, 2.05) is 9.44 Å². The standard InChI is InChI=1S/C8H12ClN3O4S2/c1-11-17(13,14)7-4-8(18(15,16)12-2)6(10)3-5(7)9/h3-4,11-12H,10H2,1-2H3. The van der Waals surface area contributed by atoms with Gasteiger partial charge in [-0.25, -0.2) is 26.3 Å². The molecule has 0 radical (unpaired) electrons. The molecule has 1 aromatic carbocycles. The monoisotopic (exact) mass is 313 g/mol. The number of hydrogen-bond acceptors (Lipinski definition) is 5. The molecule has 10 heteroatoms. The maximum absolute atomic E-state index is 11.7. The Hall–Kier alpha value is -0.870. The van der Waals surface area contributed by atoms with Crippen LogP contribution in [0.2, 0.25) is 5.02 Å². The molecule has 0 atom stereocenters. The summed E-state index contributed by atoms with van der Waals surface area (Å²) in [5.74, 6) is 0. The quantitative estimate of drug-likeness (QED) is 0.662. The van der Waals surface area contributed by atoms with E-state index in [2.05, 4.69) is 0 Å². The Kier molecular flexibility index (Phi) is 4.23. The maximum Gasteiger partial charge on any atom is 0.242 e. The smallest absolute Gasteiger partial charge is 0.242 e. The first-order valence-corrected chi connectivity index (χ1v) is 7.96. The molecule has 0 spiro atoms. The fourth-order valence-electron chi connectivity index (χ4n) is 1.21. The largest absolute Gasteiger partial charge is 0.398 e. The van der Waals surface area contributed by atoms with E-state index in [1.54, 1.807) is 0 Å². The number of hydrogen-bond donors (Lipinski definition) is 3. The number of anilines is 1. The van der Waals surface area contributed by atoms with Gasteiger partial charge in [0.25, 0.3) is 0 Å². The van der Waals surface area contributed by atoms with Crippen molar-refractivity contribution in [2.45, 2.75) is 9.79 Å². The number of halogens is 1. The van der Waals surface area contributed by atoms with Crippen molar-refractivity contribution in [3.05, 3.63) is 17.2 Å². The molecule has 0 aliphatic carbocycles. The lowest BCUT2D eigenvalue weighted by Gasteiger charge is -2.11. The highest BCUT2D eigenvalue weighted by Crippen LogP contribution is 2.29. The van der Waals surface area contributed by atoms with Crippen molar-refractivity contribution in [2.24, 2.45) is 0 Å². The molecule has 7 nitrogen and oxygen atoms in total. The number of nitrogens with one attached hydrogen (secondary N) is 2. The predicted molar refractivity (Wildman–Crippen MR) is 68.4 cm³/mol. The third kappa shape index (κ3) is 2.75. The van der Waals surface area contributed by atoms with Crippen molar-refractivity contribution in [1.29, 1.82) is 0 Å². The molecule has 0 saturated carbocycles. The second-order valence-corrected chi connectivity index (χ2v) is 7.35. The third-order valence-electron chi connectivity index (χ3n) is 2.18. The molecule has 0 aromatic heterocycles. The SMILES string of the molecule is CNS(=O)(=O)c1cc(S(=O)(=O)NC)c(Cl)cc1N. The van der Waals surface area contributed by atoms with E-state index >= 15 is 0 Å². The zero-order chi connectivity index (χ0) is 14.1. The van der Waals surface area contributed by atoms with Crippen molar-refractivity contribution in [1.82, 2.24) is 9.44 Å². The summed E-state index contributed by atoms with van der Waals surface area (Å²) < 4.78 is 50.7. The van der Waals surface area contributed by atoms with Gasteiger partial charge in [-0.15, -0.1) is 0 Å². The van der Waals surface area contributed by atoms with E-state index in [0.29, 0.717) is 0 Å². The Balaban J connectivity index is 3.66. The van der Waals surface area contributed by atoms with Gasteiger partial charge in [0.2, 0.25) is 20.0 Å². The third-order valence-corrected chi connectivity index (χ3v) is 5.53. The van der Waals surface area contributed by atoms with Gasteiger partial charge in [0.1, 0.15) is 9.79 Å². The molecule has 0 amide bonds. The van der Waals surface area contributed by atoms with Gasteiger partial charge in [-0.05, 0) is 26.2 Å². The molecule has 0 aliphatic rings. The van der Waals surface area contributed by atoms with Gasteiger partial charge < -0.3 is 5.73 Å². The van der Waals surface area contributed by atoms with Gasteiger partial charge in [-0.1, -0.05) is 11.6 Å². The highest BCUT2D eigenvalue weighted by molar-refractivity contribution is 7.90. The molecule has 102 valence electrons. The van der Waals surface area contributed by atoms with Crippen molar-refractivity contribution in [3.63, 3.8) is 0 Å². The van der Waals surface area contributed by atoms with Crippen LogP contribution in [-0.2, 0) is 20.0 Å². The minimum atomic E-state index is -3.87. The molecule has 0 heterocycles. The fourth-order valence-corrected chi connectivity index (χ4v) is 3.43. The van der Waals surface area contributed by atoms with Crippen molar-refractivity contribution in [3.8, 4) is 0 Å². The zero-order valence-electron chi connectivity index (χ0n) is 9.56. The molecular weight excluding hydrogens is 302 g/mol. The van der Waals surface area contributed by atoms with Crippen LogP contribution < -0.4 is 15.2 Å². The molecule has 0 fully saturated rings. The lowest BCUT2D eigenvalue weighted by atomic mass is 10.3. The van der Waals surface area contributed by atoms with E-state index in [9.17, 15) is 16.8 Å². The summed E-state index contributed by atoms with van der Waals surface area (Å²) in [4.78, 5) is -0.696. The number of nitrogen functional groups attached to an aromatic ring is 1. The highest BCUT2D eigenvalue weighted by atomic mass is 35.5. The van der Waals surface area contributed by atoms with E-state index in [-0.39, 0.29) is 20.5 Å². The average molecular weight is 314 g/mol. The van der Waals surface area contributed by atoms with Crippen LogP contribution in [-0.4, -0.2) is 30.9 Å². The lowest BCUT2D eigenvalue weighted by molar-refractivity contribution is 0.586. The van der Waals surface area contributed by atoms with Crippen LogP contribution >= 0.6 is 11.6 Å². The average Bonchev–Trinajstić information content (AvgIpc) is 2.28. The molecule has 1 aromatic rings. The number of benzene rings is 1. The fraction of sp³-hybridized carbons (Fsp3) is 0.250. The summed E-state index contributed by atoms with van der Waals surface area (Å²) in [5.41, 5.74) is 5.38. The molecule has 18 heavy (non-hydrogen) atoms. The van der Waals surface area contributed by atoms with Gasteiger partial charge in [0.15, 0.2) is 0 Å². The number of nitrogens with two attached hydrogens (primary N) is 1. The summed E-state index contributed by atoms with van der Waals surface area (Å²) >= 11 is 5.74. The Morgan fingerprint density at radius 1 is 1.00 bits per heavy atom. The summed E-state index contributed by atoms with van der Waals surface area (Å²) in [6.45, 7) is 0. The van der Waals surface area contributed by atoms with E-state index in [0.717, 1.165) is 12.1 Å². The Bertz CT molecular complexity index is 615. The minimum Gasteiger partial charge on any atom is -0.398 e. The van der Waals surface area contributed by atoms with E-state index < -0.39 is 20.0 Å². The van der Waals surface area contributed by atoms with Crippen molar-refractivity contribution < 1.29 is 16.8 Å². The molecule has 1 rings (SSSR count). The van der Waals surface area contributed by atoms with Crippen molar-refractivity contribution in [2.75, 3.05) is 19.8 Å². The van der Waals surface area contributed by atoms with E-state index in [4.69, 9.17) is 17.3 Å². The van der Waals surface area contributed by atoms with Crippen LogP contribution in [0.4, 0.5) is 5.69 Å². The predicted octanol–water partition coefficient (Wildman–Crippen LogP) is -0.262. The molecule has 0 bridgehead atoms. The number of sulfonamides is 2. The molecule has 0 unspecified atom stereocenters. The van der Waals surface area contributed by atoms with Crippen LogP contribution in [0.3, 0.4) is 0 Å². The van der Waals surface area contributed by atoms with Gasteiger partial charge in [-0.2, -0.15) is 0 Å². The molecule has 0 aliphatic heterocycles. The second kappa shape index (κ2) is 5.02. The zero-order valence-corrected chi connectivity index (χ0v) is 11.9. The highest BCUT2D eigenvalue weighted by Gasteiger charge is 2.23. The van der Waals surface area contributed by atoms with Crippen LogP contribution in [0, 0.1) is 0 Å². The van der Waals surface area contributed by atoms with Crippen LogP contribution in [0.1, 0.15) is 0 Å². The first-order valence-electron chi connectivity index (χ1n) is 4.62. The van der Waals surface area contributed by atoms with Crippen molar-refractivity contribution >= 4 is 37.3 Å². The first kappa shape index (κ1) is 15.2. The van der Waals surface area contributed by atoms with Crippen LogP contribution in [0.15, 0.2) is 21.9 Å². The second-order valence-electron chi connectivity index (χ2n) is 3.24. The van der Waals surface area contributed by atoms with Crippen LogP contribution in [0.5, 0.6) is 0 Å². The summed E-state index contributed by atoms with van der Waals surface area (Å²) in [6, 6.07) is 1.99. The Morgan fingerprint density at radius 3 is 1.89 bits per heavy atom. The normalized spacial score (nSPS) is 12.6. The van der Waals surface area contributed by atoms with Gasteiger partial charge in [0, 0.05) is 0 Å². The molecule has 4 N–H and O–H groups in total. The van der Waals surface area contributed by atoms with E-state index in [1.165, 1.54) is 14.1 Å². The Labute approximate surface area is 110 Å². The molecule has 0 saturated heterocycles. The Morgan fingerprint density at radius 2 is 1.44 bits per heavy atom. The number of rotatable bonds is 4. The van der Waals surface area contributed by atoms with Gasteiger partial charge in [-0.3, -0.25) is 0 Å². The topological polar surface area (TPSA) is 118 Å². The van der Waals surface area contributed by atoms with Crippen LogP contribution in [0.25, 0.3) is 0 Å². The lowest BCUT2D eigenvalue weighted by Crippen LogP contribution is -2.23. The minimum absolute atomic E-state index is 0.135. The van der Waals surface area contributed by atoms with Gasteiger partial charge in [0.05, 0.1) is 10.7 Å². The first-order chi connectivity index (χ1) is 8.15.